The van der Waals surface area contributed by atoms with E-state index in [4.69, 9.17) is 0 Å². The van der Waals surface area contributed by atoms with E-state index in [-0.39, 0.29) is 5.75 Å². The number of hydrogen-bond donors (Lipinski definition) is 2. The van der Waals surface area contributed by atoms with Crippen molar-refractivity contribution < 1.29 is 5.11 Å². The molecule has 6 heteroatoms. The molecule has 0 bridgehead atoms. The number of phenolic OH excluding ortho intramolecular Hbond substituents is 1. The van der Waals surface area contributed by atoms with Crippen LogP contribution in [0.3, 0.4) is 0 Å². The van der Waals surface area contributed by atoms with Gasteiger partial charge in [-0.05, 0) is 50.4 Å². The Kier molecular flexibility index (Phi) is 4.43. The second-order valence-electron chi connectivity index (χ2n) is 6.46. The third-order valence-electron chi connectivity index (χ3n) is 4.72. The summed E-state index contributed by atoms with van der Waals surface area (Å²) in [5, 5.41) is 13.7. The molecule has 0 aliphatic carbocycles. The largest absolute Gasteiger partial charge is 0.507 e. The van der Waals surface area contributed by atoms with Crippen LogP contribution in [-0.2, 0) is 6.42 Å². The molecule has 3 heterocycles. The van der Waals surface area contributed by atoms with Crippen molar-refractivity contribution in [1.29, 1.82) is 0 Å². The summed E-state index contributed by atoms with van der Waals surface area (Å²) in [4.78, 5) is 13.1. The molecule has 1 aromatic carbocycles. The number of piperidine rings is 1. The zero-order valence-electron chi connectivity index (χ0n) is 14.0. The minimum Gasteiger partial charge on any atom is -0.507 e. The second-order valence-corrected chi connectivity index (χ2v) is 6.46. The van der Waals surface area contributed by atoms with Gasteiger partial charge < -0.3 is 15.0 Å². The van der Waals surface area contributed by atoms with Crippen molar-refractivity contribution in [1.82, 2.24) is 24.8 Å². The number of benzene rings is 1. The predicted octanol–water partition coefficient (Wildman–Crippen LogP) is 2.58. The summed E-state index contributed by atoms with van der Waals surface area (Å²) in [7, 11) is 0. The average Bonchev–Trinajstić information content (AvgIpc) is 3.18. The fourth-order valence-electron chi connectivity index (χ4n) is 3.29. The average molecular weight is 335 g/mol. The van der Waals surface area contributed by atoms with Gasteiger partial charge in [-0.15, -0.1) is 0 Å². The highest BCUT2D eigenvalue weighted by atomic mass is 16.3. The summed E-state index contributed by atoms with van der Waals surface area (Å²) in [6, 6.07) is 5.50. The van der Waals surface area contributed by atoms with Gasteiger partial charge in [-0.25, -0.2) is 4.98 Å². The van der Waals surface area contributed by atoms with Gasteiger partial charge >= 0.3 is 0 Å². The number of nitrogens with one attached hydrogen (secondary N) is 1. The molecule has 25 heavy (non-hydrogen) atoms. The van der Waals surface area contributed by atoms with Crippen LogP contribution in [0.2, 0.25) is 0 Å². The molecule has 1 aliphatic heterocycles. The van der Waals surface area contributed by atoms with E-state index in [1.807, 2.05) is 29.1 Å². The first-order valence-electron chi connectivity index (χ1n) is 8.63. The molecule has 128 valence electrons. The molecule has 0 amide bonds. The highest BCUT2D eigenvalue weighted by molar-refractivity contribution is 5.68. The normalized spacial score (nSPS) is 15.4. The quantitative estimate of drug-likeness (QED) is 0.766. The van der Waals surface area contributed by atoms with Crippen molar-refractivity contribution in [3.05, 3.63) is 55.0 Å². The van der Waals surface area contributed by atoms with Crippen molar-refractivity contribution in [2.75, 3.05) is 13.1 Å². The highest BCUT2D eigenvalue weighted by Crippen LogP contribution is 2.29. The molecular weight excluding hydrogens is 314 g/mol. The van der Waals surface area contributed by atoms with Gasteiger partial charge in [0.15, 0.2) is 0 Å². The summed E-state index contributed by atoms with van der Waals surface area (Å²) < 4.78 is 1.84. The number of hydrogen-bond acceptors (Lipinski definition) is 5. The highest BCUT2D eigenvalue weighted by Gasteiger charge is 2.15. The van der Waals surface area contributed by atoms with E-state index >= 15 is 0 Å². The Morgan fingerprint density at radius 1 is 1.16 bits per heavy atom. The Labute approximate surface area is 146 Å². The smallest absolute Gasteiger partial charge is 0.127 e. The minimum atomic E-state index is 0.187. The molecule has 6 nitrogen and oxygen atoms in total. The summed E-state index contributed by atoms with van der Waals surface area (Å²) in [6.45, 7) is 2.18. The van der Waals surface area contributed by atoms with Gasteiger partial charge in [0.05, 0.1) is 29.6 Å². The predicted molar refractivity (Wildman–Crippen MR) is 95.6 cm³/mol. The van der Waals surface area contributed by atoms with E-state index in [1.165, 1.54) is 12.8 Å². The van der Waals surface area contributed by atoms with Crippen LogP contribution in [0.4, 0.5) is 0 Å². The zero-order chi connectivity index (χ0) is 17.1. The Hall–Kier alpha value is -2.73. The molecule has 2 N–H and O–H groups in total. The molecule has 3 aromatic rings. The van der Waals surface area contributed by atoms with Gasteiger partial charge in [0, 0.05) is 30.2 Å². The molecule has 0 atom stereocenters. The number of aromatic nitrogens is 4. The van der Waals surface area contributed by atoms with Crippen molar-refractivity contribution in [3.8, 4) is 22.7 Å². The first-order valence-corrected chi connectivity index (χ1v) is 8.63. The molecule has 1 saturated heterocycles. The van der Waals surface area contributed by atoms with E-state index in [2.05, 4.69) is 20.3 Å². The van der Waals surface area contributed by atoms with Crippen LogP contribution in [0, 0.1) is 5.92 Å². The van der Waals surface area contributed by atoms with Crippen LogP contribution in [0.1, 0.15) is 18.5 Å². The summed E-state index contributed by atoms with van der Waals surface area (Å²) >= 11 is 0. The SMILES string of the molecule is Oc1cc(-n2ccnc2)ccc1-c1cnc(CC2CCNCC2)cn1. The lowest BCUT2D eigenvalue weighted by atomic mass is 9.93. The van der Waals surface area contributed by atoms with Gasteiger partial charge in [-0.1, -0.05) is 0 Å². The molecular formula is C19H21N5O. The van der Waals surface area contributed by atoms with E-state index < -0.39 is 0 Å². The fraction of sp³-hybridized carbons (Fsp3) is 0.316. The van der Waals surface area contributed by atoms with E-state index in [0.717, 1.165) is 30.9 Å². The third kappa shape index (κ3) is 3.53. The second kappa shape index (κ2) is 7.03. The number of nitrogens with zero attached hydrogens (tertiary/aromatic N) is 4. The number of aromatic hydroxyl groups is 1. The zero-order valence-corrected chi connectivity index (χ0v) is 14.0. The van der Waals surface area contributed by atoms with Crippen LogP contribution >= 0.6 is 0 Å². The van der Waals surface area contributed by atoms with Gasteiger partial charge in [0.2, 0.25) is 0 Å². The monoisotopic (exact) mass is 335 g/mol. The van der Waals surface area contributed by atoms with E-state index in [0.29, 0.717) is 17.2 Å². The maximum atomic E-state index is 10.4. The van der Waals surface area contributed by atoms with Crippen LogP contribution in [-0.4, -0.2) is 37.7 Å². The number of rotatable bonds is 4. The number of phenols is 1. The molecule has 0 unspecified atom stereocenters. The Bertz CT molecular complexity index is 824. The first-order chi connectivity index (χ1) is 12.3. The van der Waals surface area contributed by atoms with Crippen molar-refractivity contribution in [2.24, 2.45) is 5.92 Å². The first kappa shape index (κ1) is 15.8. The Morgan fingerprint density at radius 3 is 2.72 bits per heavy atom. The lowest BCUT2D eigenvalue weighted by Gasteiger charge is -2.21. The maximum absolute atomic E-state index is 10.4. The molecule has 4 rings (SSSR count). The van der Waals surface area contributed by atoms with Gasteiger partial charge in [-0.3, -0.25) is 9.97 Å². The van der Waals surface area contributed by atoms with E-state index in [1.54, 1.807) is 24.8 Å². The molecule has 0 spiro atoms. The summed E-state index contributed by atoms with van der Waals surface area (Å²) in [5.74, 6) is 0.871. The van der Waals surface area contributed by atoms with E-state index in [9.17, 15) is 5.11 Å². The molecule has 0 radical (unpaired) electrons. The van der Waals surface area contributed by atoms with Gasteiger partial charge in [-0.2, -0.15) is 0 Å². The summed E-state index contributed by atoms with van der Waals surface area (Å²) in [6.07, 6.45) is 12.2. The molecule has 0 saturated carbocycles. The third-order valence-corrected chi connectivity index (χ3v) is 4.72. The maximum Gasteiger partial charge on any atom is 0.127 e. The lowest BCUT2D eigenvalue weighted by molar-refractivity contribution is 0.370. The van der Waals surface area contributed by atoms with Crippen LogP contribution in [0.5, 0.6) is 5.75 Å². The van der Waals surface area contributed by atoms with Crippen LogP contribution in [0.15, 0.2) is 49.3 Å². The van der Waals surface area contributed by atoms with Crippen molar-refractivity contribution in [2.45, 2.75) is 19.3 Å². The van der Waals surface area contributed by atoms with Gasteiger partial charge in [0.1, 0.15) is 5.75 Å². The van der Waals surface area contributed by atoms with Crippen LogP contribution < -0.4 is 5.32 Å². The minimum absolute atomic E-state index is 0.187. The Morgan fingerprint density at radius 2 is 2.04 bits per heavy atom. The van der Waals surface area contributed by atoms with Crippen LogP contribution in [0.25, 0.3) is 16.9 Å². The molecule has 1 fully saturated rings. The Balaban J connectivity index is 1.51. The van der Waals surface area contributed by atoms with Gasteiger partial charge in [0.25, 0.3) is 0 Å². The lowest BCUT2D eigenvalue weighted by Crippen LogP contribution is -2.28. The summed E-state index contributed by atoms with van der Waals surface area (Å²) in [5.41, 5.74) is 3.24. The topological polar surface area (TPSA) is 75.9 Å². The standard InChI is InChI=1S/C19H21N5O/c25-19-10-16(24-8-7-21-13-24)1-2-17(19)18-12-22-15(11-23-18)9-14-3-5-20-6-4-14/h1-2,7-8,10-14,20,25H,3-6,9H2. The van der Waals surface area contributed by atoms with Crippen molar-refractivity contribution >= 4 is 0 Å². The number of imidazole rings is 1. The molecule has 1 aliphatic rings. The fourth-order valence-corrected chi connectivity index (χ4v) is 3.29. The molecule has 2 aromatic heterocycles. The van der Waals surface area contributed by atoms with Crippen molar-refractivity contribution in [3.63, 3.8) is 0 Å².